The molecule has 0 aromatic carbocycles. The highest BCUT2D eigenvalue weighted by Gasteiger charge is 2.56. The third-order valence-electron chi connectivity index (χ3n) is 7.25. The number of nitrogens with zero attached hydrogens (tertiary/aromatic N) is 3. The van der Waals surface area contributed by atoms with Gasteiger partial charge in [0.1, 0.15) is 11.6 Å². The number of carbonyl (C=O) groups is 1. The third-order valence-corrected chi connectivity index (χ3v) is 7.62. The van der Waals surface area contributed by atoms with Crippen molar-refractivity contribution in [3.8, 4) is 0 Å². The van der Waals surface area contributed by atoms with Crippen LogP contribution in [0.2, 0.25) is 5.02 Å². The normalized spacial score (nSPS) is 26.1. The van der Waals surface area contributed by atoms with E-state index in [2.05, 4.69) is 41.5 Å². The van der Waals surface area contributed by atoms with E-state index in [1.165, 1.54) is 24.9 Å². The lowest BCUT2D eigenvalue weighted by atomic mass is 9.45. The van der Waals surface area contributed by atoms with Gasteiger partial charge in [-0.15, -0.1) is 0 Å². The van der Waals surface area contributed by atoms with Crippen LogP contribution in [-0.4, -0.2) is 26.7 Å². The van der Waals surface area contributed by atoms with Gasteiger partial charge in [0, 0.05) is 18.8 Å². The van der Waals surface area contributed by atoms with Crippen molar-refractivity contribution in [3.05, 3.63) is 51.4 Å². The van der Waals surface area contributed by atoms with Gasteiger partial charge in [-0.1, -0.05) is 32.4 Å². The van der Waals surface area contributed by atoms with E-state index in [4.69, 9.17) is 11.6 Å². The number of nitrogens with one attached hydrogen (secondary N) is 2. The van der Waals surface area contributed by atoms with Gasteiger partial charge in [-0.3, -0.25) is 9.59 Å². The van der Waals surface area contributed by atoms with E-state index < -0.39 is 17.4 Å². The molecule has 2 aromatic heterocycles. The molecule has 0 unspecified atom stereocenters. The predicted molar refractivity (Wildman–Crippen MR) is 116 cm³/mol. The minimum atomic E-state index is -0.618. The second kappa shape index (κ2) is 8.22. The highest BCUT2D eigenvalue weighted by Crippen LogP contribution is 2.61. The molecule has 3 aliphatic rings. The molecule has 2 N–H and O–H groups in total. The standard InChI is InChI=1S/C22H27ClFN5O2/c1-12-15-7-14(22(15,2)3)8-16(12)28-17-10-27-29(21(31)20(17)23)11-19(30)26-9-13-4-5-25-18(24)6-13/h4-6,10,12,14-16,28H,7-9,11H2,1-3H3,(H,26,30)/t12-,14-,15+,16-/m1/s1. The molecule has 9 heteroatoms. The highest BCUT2D eigenvalue weighted by molar-refractivity contribution is 6.32. The van der Waals surface area contributed by atoms with E-state index >= 15 is 0 Å². The summed E-state index contributed by atoms with van der Waals surface area (Å²) in [7, 11) is 0. The van der Waals surface area contributed by atoms with Crippen molar-refractivity contribution in [2.45, 2.75) is 52.7 Å². The van der Waals surface area contributed by atoms with Crippen molar-refractivity contribution in [1.29, 1.82) is 0 Å². The summed E-state index contributed by atoms with van der Waals surface area (Å²) in [6.07, 6.45) is 5.14. The molecule has 31 heavy (non-hydrogen) atoms. The lowest BCUT2D eigenvalue weighted by Crippen LogP contribution is -2.58. The molecule has 2 aromatic rings. The molecule has 2 heterocycles. The number of carbonyl (C=O) groups excluding carboxylic acids is 1. The molecule has 2 bridgehead atoms. The molecule has 0 spiro atoms. The maximum absolute atomic E-state index is 13.1. The van der Waals surface area contributed by atoms with Crippen molar-refractivity contribution in [2.75, 3.05) is 5.32 Å². The molecule has 3 saturated carbocycles. The fraction of sp³-hybridized carbons (Fsp3) is 0.545. The van der Waals surface area contributed by atoms with Crippen molar-refractivity contribution >= 4 is 23.2 Å². The SMILES string of the molecule is C[C@H]1[C@H](Nc2cnn(CC(=O)NCc3ccnc(F)c3)c(=O)c2Cl)C[C@H]2C[C@@H]1C2(C)C. The third kappa shape index (κ3) is 4.18. The number of fused-ring (bicyclic) bond motifs is 2. The Morgan fingerprint density at radius 1 is 1.39 bits per heavy atom. The van der Waals surface area contributed by atoms with Crippen LogP contribution in [0.3, 0.4) is 0 Å². The van der Waals surface area contributed by atoms with Crippen LogP contribution in [0.1, 0.15) is 39.2 Å². The molecule has 0 aliphatic heterocycles. The van der Waals surface area contributed by atoms with Gasteiger partial charge < -0.3 is 10.6 Å². The number of halogens is 2. The fourth-order valence-corrected chi connectivity index (χ4v) is 5.36. The van der Waals surface area contributed by atoms with Crippen LogP contribution in [0, 0.1) is 29.1 Å². The molecule has 0 saturated heterocycles. The lowest BCUT2D eigenvalue weighted by Gasteiger charge is -2.62. The average molecular weight is 448 g/mol. The monoisotopic (exact) mass is 447 g/mol. The molecule has 3 fully saturated rings. The summed E-state index contributed by atoms with van der Waals surface area (Å²) in [5.41, 5.74) is 0.928. The first-order valence-electron chi connectivity index (χ1n) is 10.6. The van der Waals surface area contributed by atoms with Gasteiger partial charge in [-0.25, -0.2) is 9.67 Å². The van der Waals surface area contributed by atoms with Crippen LogP contribution in [0.25, 0.3) is 0 Å². The summed E-state index contributed by atoms with van der Waals surface area (Å²) >= 11 is 6.33. The van der Waals surface area contributed by atoms with Crippen molar-refractivity contribution < 1.29 is 9.18 Å². The minimum absolute atomic E-state index is 0.0321. The number of hydrogen-bond donors (Lipinski definition) is 2. The van der Waals surface area contributed by atoms with Gasteiger partial charge in [-0.2, -0.15) is 9.49 Å². The maximum Gasteiger partial charge on any atom is 0.288 e. The maximum atomic E-state index is 13.1. The predicted octanol–water partition coefficient (Wildman–Crippen LogP) is 3.23. The number of anilines is 1. The summed E-state index contributed by atoms with van der Waals surface area (Å²) in [5.74, 6) is 0.770. The van der Waals surface area contributed by atoms with Gasteiger partial charge >= 0.3 is 0 Å². The zero-order chi connectivity index (χ0) is 22.3. The lowest BCUT2D eigenvalue weighted by molar-refractivity contribution is -0.122. The Hall–Kier alpha value is -2.48. The second-order valence-corrected chi connectivity index (χ2v) is 9.68. The van der Waals surface area contributed by atoms with Gasteiger partial charge in [0.2, 0.25) is 11.9 Å². The first-order valence-corrected chi connectivity index (χ1v) is 10.9. The number of aromatic nitrogens is 3. The number of pyridine rings is 1. The Morgan fingerprint density at radius 2 is 2.16 bits per heavy atom. The van der Waals surface area contributed by atoms with Crippen molar-refractivity contribution in [1.82, 2.24) is 20.1 Å². The molecule has 1 amide bonds. The van der Waals surface area contributed by atoms with Crippen LogP contribution in [0.15, 0.2) is 29.3 Å². The van der Waals surface area contributed by atoms with Gasteiger partial charge in [0.15, 0.2) is 0 Å². The summed E-state index contributed by atoms with van der Waals surface area (Å²) in [4.78, 5) is 28.3. The first-order chi connectivity index (χ1) is 14.7. The summed E-state index contributed by atoms with van der Waals surface area (Å²) in [6, 6.07) is 3.08. The van der Waals surface area contributed by atoms with E-state index in [0.717, 1.165) is 11.1 Å². The molecule has 4 atom stereocenters. The van der Waals surface area contributed by atoms with Crippen LogP contribution in [0.5, 0.6) is 0 Å². The van der Waals surface area contributed by atoms with Crippen LogP contribution >= 0.6 is 11.6 Å². The summed E-state index contributed by atoms with van der Waals surface area (Å²) in [6.45, 7) is 6.78. The Morgan fingerprint density at radius 3 is 2.84 bits per heavy atom. The molecule has 0 radical (unpaired) electrons. The molecule has 3 aliphatic carbocycles. The zero-order valence-corrected chi connectivity index (χ0v) is 18.6. The van der Waals surface area contributed by atoms with Gasteiger partial charge in [0.05, 0.1) is 11.9 Å². The van der Waals surface area contributed by atoms with Crippen molar-refractivity contribution in [3.63, 3.8) is 0 Å². The first kappa shape index (κ1) is 21.7. The quantitative estimate of drug-likeness (QED) is 0.663. The Kier molecular flexibility index (Phi) is 5.77. The van der Waals surface area contributed by atoms with E-state index in [0.29, 0.717) is 34.4 Å². The Bertz CT molecular complexity index is 1060. The van der Waals surface area contributed by atoms with Crippen LogP contribution < -0.4 is 16.2 Å². The van der Waals surface area contributed by atoms with E-state index in [9.17, 15) is 14.0 Å². The van der Waals surface area contributed by atoms with Crippen molar-refractivity contribution in [2.24, 2.45) is 23.2 Å². The second-order valence-electron chi connectivity index (χ2n) is 9.30. The summed E-state index contributed by atoms with van der Waals surface area (Å²) in [5, 5.41) is 10.2. The highest BCUT2D eigenvalue weighted by atomic mass is 35.5. The number of hydrogen-bond acceptors (Lipinski definition) is 5. The number of amides is 1. The zero-order valence-electron chi connectivity index (χ0n) is 17.9. The summed E-state index contributed by atoms with van der Waals surface area (Å²) < 4.78 is 14.2. The average Bonchev–Trinajstić information content (AvgIpc) is 2.73. The number of rotatable bonds is 6. The Labute approximate surface area is 185 Å². The van der Waals surface area contributed by atoms with Crippen LogP contribution in [0.4, 0.5) is 10.1 Å². The van der Waals surface area contributed by atoms with Gasteiger partial charge in [-0.05, 0) is 53.7 Å². The van der Waals surface area contributed by atoms with E-state index in [-0.39, 0.29) is 24.2 Å². The molecule has 166 valence electrons. The van der Waals surface area contributed by atoms with E-state index in [1.807, 2.05) is 0 Å². The largest absolute Gasteiger partial charge is 0.379 e. The molecule has 5 rings (SSSR count). The van der Waals surface area contributed by atoms with Crippen LogP contribution in [-0.2, 0) is 17.9 Å². The van der Waals surface area contributed by atoms with E-state index in [1.54, 1.807) is 6.07 Å². The molecule has 7 nitrogen and oxygen atoms in total. The molecular formula is C22H27ClFN5O2. The smallest absolute Gasteiger partial charge is 0.288 e. The topological polar surface area (TPSA) is 88.9 Å². The fourth-order valence-electron chi connectivity index (χ4n) is 5.16. The Balaban J connectivity index is 1.38. The molecular weight excluding hydrogens is 421 g/mol. The van der Waals surface area contributed by atoms with Gasteiger partial charge in [0.25, 0.3) is 5.56 Å². The minimum Gasteiger partial charge on any atom is -0.379 e.